The van der Waals surface area contributed by atoms with Crippen molar-refractivity contribution < 1.29 is 14.6 Å². The van der Waals surface area contributed by atoms with Gasteiger partial charge in [-0.25, -0.2) is 0 Å². The number of carboxylic acids is 1. The summed E-state index contributed by atoms with van der Waals surface area (Å²) >= 11 is 5.95. The Morgan fingerprint density at radius 2 is 2.00 bits per heavy atom. The lowest BCUT2D eigenvalue weighted by Crippen LogP contribution is -2.09. The Kier molecular flexibility index (Phi) is 4.19. The average Bonchev–Trinajstić information content (AvgIpc) is 2.19. The number of carboxylic acid groups (broad SMARTS) is 1. The summed E-state index contributed by atoms with van der Waals surface area (Å²) in [6, 6.07) is 5.05. The molecule has 1 rings (SSSR count). The van der Waals surface area contributed by atoms with E-state index in [1.165, 1.54) is 0 Å². The van der Waals surface area contributed by atoms with Crippen molar-refractivity contribution in [3.63, 3.8) is 0 Å². The van der Waals surface area contributed by atoms with Crippen molar-refractivity contribution in [3.05, 3.63) is 28.8 Å². The lowest BCUT2D eigenvalue weighted by atomic mass is 10.0. The third-order valence-electron chi connectivity index (χ3n) is 2.19. The van der Waals surface area contributed by atoms with Crippen LogP contribution in [0.15, 0.2) is 18.2 Å². The maximum Gasteiger partial charge on any atom is 0.310 e. The summed E-state index contributed by atoms with van der Waals surface area (Å²) in [5.74, 6) is -0.896. The van der Waals surface area contributed by atoms with Gasteiger partial charge in [-0.3, -0.25) is 4.79 Å². The number of hydrogen-bond acceptors (Lipinski definition) is 2. The van der Waals surface area contributed by atoms with E-state index in [2.05, 4.69) is 0 Å². The van der Waals surface area contributed by atoms with Crippen molar-refractivity contribution in [2.45, 2.75) is 32.8 Å². The quantitative estimate of drug-likeness (QED) is 0.881. The van der Waals surface area contributed by atoms with Crippen molar-refractivity contribution in [3.8, 4) is 5.75 Å². The predicted molar refractivity (Wildman–Crippen MR) is 63.3 cm³/mol. The molecule has 1 unspecified atom stereocenters. The van der Waals surface area contributed by atoms with Gasteiger partial charge in [0, 0.05) is 0 Å². The Balaban J connectivity index is 3.02. The summed E-state index contributed by atoms with van der Waals surface area (Å²) in [7, 11) is 0. The van der Waals surface area contributed by atoms with Crippen LogP contribution in [0.5, 0.6) is 5.75 Å². The first-order valence-electron chi connectivity index (χ1n) is 5.10. The molecule has 0 radical (unpaired) electrons. The van der Waals surface area contributed by atoms with Gasteiger partial charge in [-0.1, -0.05) is 17.7 Å². The Hall–Kier alpha value is -1.22. The summed E-state index contributed by atoms with van der Waals surface area (Å²) in [5.41, 5.74) is 0.688. The van der Waals surface area contributed by atoms with Gasteiger partial charge in [0.1, 0.15) is 5.75 Å². The van der Waals surface area contributed by atoms with E-state index in [0.29, 0.717) is 16.3 Å². The number of benzene rings is 1. The zero-order valence-electron chi connectivity index (χ0n) is 9.53. The van der Waals surface area contributed by atoms with E-state index in [-0.39, 0.29) is 6.10 Å². The van der Waals surface area contributed by atoms with Crippen molar-refractivity contribution in [2.24, 2.45) is 0 Å². The topological polar surface area (TPSA) is 46.5 Å². The molecule has 16 heavy (non-hydrogen) atoms. The molecular weight excluding hydrogens is 228 g/mol. The SMILES string of the molecule is CC(C)Oc1cc(C(C)C(=O)O)ccc1Cl. The van der Waals surface area contributed by atoms with E-state index in [9.17, 15) is 4.79 Å². The molecule has 1 atom stereocenters. The Morgan fingerprint density at radius 1 is 1.38 bits per heavy atom. The van der Waals surface area contributed by atoms with Crippen LogP contribution >= 0.6 is 11.6 Å². The Morgan fingerprint density at radius 3 is 2.50 bits per heavy atom. The first-order valence-corrected chi connectivity index (χ1v) is 5.48. The van der Waals surface area contributed by atoms with E-state index >= 15 is 0 Å². The van der Waals surface area contributed by atoms with Gasteiger partial charge < -0.3 is 9.84 Å². The van der Waals surface area contributed by atoms with Gasteiger partial charge in [0.25, 0.3) is 0 Å². The summed E-state index contributed by atoms with van der Waals surface area (Å²) in [5, 5.41) is 9.40. The lowest BCUT2D eigenvalue weighted by Gasteiger charge is -2.14. The highest BCUT2D eigenvalue weighted by Crippen LogP contribution is 2.29. The van der Waals surface area contributed by atoms with Gasteiger partial charge in [-0.15, -0.1) is 0 Å². The van der Waals surface area contributed by atoms with Crippen LogP contribution in [0, 0.1) is 0 Å². The van der Waals surface area contributed by atoms with Crippen LogP contribution in [0.1, 0.15) is 32.3 Å². The molecule has 0 amide bonds. The monoisotopic (exact) mass is 242 g/mol. The molecule has 0 spiro atoms. The second-order valence-corrected chi connectivity index (χ2v) is 4.32. The lowest BCUT2D eigenvalue weighted by molar-refractivity contribution is -0.138. The van der Waals surface area contributed by atoms with E-state index in [0.717, 1.165) is 0 Å². The van der Waals surface area contributed by atoms with Crippen LogP contribution in [-0.2, 0) is 4.79 Å². The highest BCUT2D eigenvalue weighted by atomic mass is 35.5. The maximum atomic E-state index is 10.8. The predicted octanol–water partition coefficient (Wildman–Crippen LogP) is 3.32. The van der Waals surface area contributed by atoms with Gasteiger partial charge in [-0.2, -0.15) is 0 Å². The molecule has 3 nitrogen and oxygen atoms in total. The number of aliphatic carboxylic acids is 1. The third kappa shape index (κ3) is 3.14. The smallest absolute Gasteiger partial charge is 0.310 e. The van der Waals surface area contributed by atoms with Gasteiger partial charge in [0.2, 0.25) is 0 Å². The highest BCUT2D eigenvalue weighted by molar-refractivity contribution is 6.32. The van der Waals surface area contributed by atoms with Crippen LogP contribution < -0.4 is 4.74 Å². The molecule has 0 aliphatic heterocycles. The molecule has 1 N–H and O–H groups in total. The molecule has 1 aromatic rings. The van der Waals surface area contributed by atoms with Crippen LogP contribution in [0.3, 0.4) is 0 Å². The molecule has 0 saturated carbocycles. The summed E-state index contributed by atoms with van der Waals surface area (Å²) in [6.45, 7) is 5.41. The molecule has 0 saturated heterocycles. The van der Waals surface area contributed by atoms with Crippen molar-refractivity contribution in [1.82, 2.24) is 0 Å². The zero-order chi connectivity index (χ0) is 12.3. The van der Waals surface area contributed by atoms with Gasteiger partial charge >= 0.3 is 5.97 Å². The number of hydrogen-bond donors (Lipinski definition) is 1. The fourth-order valence-electron chi connectivity index (χ4n) is 1.28. The molecule has 88 valence electrons. The number of halogens is 1. The number of carbonyl (C=O) groups is 1. The summed E-state index contributed by atoms with van der Waals surface area (Å²) < 4.78 is 5.49. The van der Waals surface area contributed by atoms with Crippen LogP contribution in [0.4, 0.5) is 0 Å². The number of rotatable bonds is 4. The molecular formula is C12H15ClO3. The van der Waals surface area contributed by atoms with E-state index in [4.69, 9.17) is 21.4 Å². The van der Waals surface area contributed by atoms with Crippen LogP contribution in [0.2, 0.25) is 5.02 Å². The molecule has 1 aromatic carbocycles. The summed E-state index contributed by atoms with van der Waals surface area (Å²) in [4.78, 5) is 10.8. The second kappa shape index (κ2) is 5.21. The van der Waals surface area contributed by atoms with E-state index in [1.807, 2.05) is 13.8 Å². The summed E-state index contributed by atoms with van der Waals surface area (Å²) in [6.07, 6.45) is 0.00730. The second-order valence-electron chi connectivity index (χ2n) is 3.92. The van der Waals surface area contributed by atoms with Crippen molar-refractivity contribution in [1.29, 1.82) is 0 Å². The van der Waals surface area contributed by atoms with Crippen molar-refractivity contribution in [2.75, 3.05) is 0 Å². The Labute approximate surface area is 100.0 Å². The third-order valence-corrected chi connectivity index (χ3v) is 2.50. The number of ether oxygens (including phenoxy) is 1. The largest absolute Gasteiger partial charge is 0.489 e. The van der Waals surface area contributed by atoms with Gasteiger partial charge in [0.15, 0.2) is 0 Å². The highest BCUT2D eigenvalue weighted by Gasteiger charge is 2.15. The van der Waals surface area contributed by atoms with E-state index in [1.54, 1.807) is 25.1 Å². The van der Waals surface area contributed by atoms with Crippen molar-refractivity contribution >= 4 is 17.6 Å². The van der Waals surface area contributed by atoms with E-state index < -0.39 is 11.9 Å². The van der Waals surface area contributed by atoms with Crippen LogP contribution in [0.25, 0.3) is 0 Å². The normalized spacial score (nSPS) is 12.6. The molecule has 0 aliphatic rings. The van der Waals surface area contributed by atoms with Crippen LogP contribution in [-0.4, -0.2) is 17.2 Å². The first kappa shape index (κ1) is 12.8. The first-order chi connectivity index (χ1) is 7.41. The Bertz CT molecular complexity index is 388. The molecule has 0 aromatic heterocycles. The minimum Gasteiger partial charge on any atom is -0.489 e. The standard InChI is InChI=1S/C12H15ClO3/c1-7(2)16-11-6-9(4-5-10(11)13)8(3)12(14)15/h4-8H,1-3H3,(H,14,15). The minimum absolute atomic E-state index is 0.00730. The minimum atomic E-state index is -0.863. The molecule has 0 aliphatic carbocycles. The molecule has 0 fully saturated rings. The molecule has 4 heteroatoms. The fraction of sp³-hybridized carbons (Fsp3) is 0.417. The average molecular weight is 243 g/mol. The maximum absolute atomic E-state index is 10.8. The molecule has 0 heterocycles. The zero-order valence-corrected chi connectivity index (χ0v) is 10.3. The van der Waals surface area contributed by atoms with Gasteiger partial charge in [-0.05, 0) is 38.5 Å². The molecule has 0 bridgehead atoms. The van der Waals surface area contributed by atoms with Gasteiger partial charge in [0.05, 0.1) is 17.0 Å². The fourth-order valence-corrected chi connectivity index (χ4v) is 1.44.